The molecule has 1 N–H and O–H groups in total. The smallest absolute Gasteiger partial charge is 0.227 e. The number of amides is 1. The molecule has 9 heteroatoms. The van der Waals surface area contributed by atoms with Crippen molar-refractivity contribution >= 4 is 30.7 Å². The molecule has 3 rings (SSSR count). The molecule has 3 heterocycles. The first-order chi connectivity index (χ1) is 12.3. The molecular weight excluding hydrogens is 389 g/mol. The number of halogens is 2. The summed E-state index contributed by atoms with van der Waals surface area (Å²) in [6.07, 6.45) is 5.57. The van der Waals surface area contributed by atoms with Crippen molar-refractivity contribution in [2.75, 3.05) is 19.6 Å². The monoisotopic (exact) mass is 415 g/mol. The summed E-state index contributed by atoms with van der Waals surface area (Å²) in [5, 5.41) is 7.30. The van der Waals surface area contributed by atoms with Gasteiger partial charge in [-0.3, -0.25) is 9.78 Å². The Morgan fingerprint density at radius 3 is 2.74 bits per heavy atom. The molecule has 1 fully saturated rings. The summed E-state index contributed by atoms with van der Waals surface area (Å²) in [6, 6.07) is 5.90. The van der Waals surface area contributed by atoms with Gasteiger partial charge in [-0.25, -0.2) is 0 Å². The van der Waals surface area contributed by atoms with Crippen molar-refractivity contribution < 1.29 is 9.32 Å². The van der Waals surface area contributed by atoms with Gasteiger partial charge in [-0.1, -0.05) is 18.1 Å². The van der Waals surface area contributed by atoms with Crippen LogP contribution in [0.25, 0.3) is 11.5 Å². The lowest BCUT2D eigenvalue weighted by Gasteiger charge is -2.34. The van der Waals surface area contributed by atoms with E-state index in [0.29, 0.717) is 36.3 Å². The van der Waals surface area contributed by atoms with Crippen LogP contribution in [0.1, 0.15) is 38.5 Å². The Morgan fingerprint density at radius 2 is 2.07 bits per heavy atom. The van der Waals surface area contributed by atoms with Crippen LogP contribution in [-0.2, 0) is 11.2 Å². The third-order valence-corrected chi connectivity index (χ3v) is 4.45. The van der Waals surface area contributed by atoms with E-state index in [1.807, 2.05) is 23.1 Å². The van der Waals surface area contributed by atoms with E-state index in [9.17, 15) is 4.79 Å². The van der Waals surface area contributed by atoms with Gasteiger partial charge < -0.3 is 14.7 Å². The lowest BCUT2D eigenvalue weighted by molar-refractivity contribution is -0.134. The van der Waals surface area contributed by atoms with Gasteiger partial charge >= 0.3 is 0 Å². The largest absolute Gasteiger partial charge is 0.340 e. The van der Waals surface area contributed by atoms with Crippen molar-refractivity contribution in [1.82, 2.24) is 25.3 Å². The number of nitrogens with zero attached hydrogens (tertiary/aromatic N) is 4. The van der Waals surface area contributed by atoms with Gasteiger partial charge in [0.15, 0.2) is 0 Å². The Balaban J connectivity index is 0.00000182. The normalized spacial score (nSPS) is 14.1. The standard InChI is InChI=1S/C18H25N5O2.2ClH/c1-2-13-23(14-8-11-19-12-9-14)17(24)7-6-16-21-18(22-25-16)15-5-3-4-10-20-15;;/h3-5,10,14,19H,2,6-9,11-13H2,1H3;2*1H. The van der Waals surface area contributed by atoms with Crippen LogP contribution in [0.5, 0.6) is 0 Å². The maximum absolute atomic E-state index is 12.7. The highest BCUT2D eigenvalue weighted by Crippen LogP contribution is 2.16. The second-order valence-corrected chi connectivity index (χ2v) is 6.30. The van der Waals surface area contributed by atoms with Gasteiger partial charge in [-0.2, -0.15) is 4.98 Å². The van der Waals surface area contributed by atoms with Crippen LogP contribution in [0.2, 0.25) is 0 Å². The Labute approximate surface area is 172 Å². The van der Waals surface area contributed by atoms with Crippen LogP contribution in [0.15, 0.2) is 28.9 Å². The second-order valence-electron chi connectivity index (χ2n) is 6.30. The summed E-state index contributed by atoms with van der Waals surface area (Å²) in [5.41, 5.74) is 0.672. The van der Waals surface area contributed by atoms with Crippen LogP contribution < -0.4 is 5.32 Å². The third-order valence-electron chi connectivity index (χ3n) is 4.45. The Morgan fingerprint density at radius 1 is 1.30 bits per heavy atom. The van der Waals surface area contributed by atoms with Gasteiger partial charge in [-0.15, -0.1) is 24.8 Å². The van der Waals surface area contributed by atoms with E-state index in [0.717, 1.165) is 38.9 Å². The van der Waals surface area contributed by atoms with Gasteiger partial charge in [0.25, 0.3) is 0 Å². The topological polar surface area (TPSA) is 84.2 Å². The molecule has 1 aliphatic heterocycles. The number of pyridine rings is 1. The van der Waals surface area contributed by atoms with Crippen LogP contribution in [0, 0.1) is 0 Å². The Kier molecular flexibility index (Phi) is 10.3. The summed E-state index contributed by atoms with van der Waals surface area (Å²) in [7, 11) is 0. The van der Waals surface area contributed by atoms with Crippen LogP contribution in [0.3, 0.4) is 0 Å². The number of hydrogen-bond acceptors (Lipinski definition) is 6. The number of carbonyl (C=O) groups excluding carboxylic acids is 1. The Hall–Kier alpha value is -1.70. The molecular formula is C18H27Cl2N5O2. The number of aryl methyl sites for hydroxylation is 1. The van der Waals surface area contributed by atoms with Gasteiger partial charge in [-0.05, 0) is 44.5 Å². The lowest BCUT2D eigenvalue weighted by atomic mass is 10.0. The minimum absolute atomic E-state index is 0. The van der Waals surface area contributed by atoms with E-state index in [2.05, 4.69) is 27.4 Å². The number of hydrogen-bond donors (Lipinski definition) is 1. The average molecular weight is 416 g/mol. The van der Waals surface area contributed by atoms with Crippen LogP contribution >= 0.6 is 24.8 Å². The molecule has 2 aromatic heterocycles. The molecule has 0 spiro atoms. The van der Waals surface area contributed by atoms with Crippen molar-refractivity contribution in [2.45, 2.75) is 45.1 Å². The predicted octanol–water partition coefficient (Wildman–Crippen LogP) is 2.90. The molecule has 150 valence electrons. The lowest BCUT2D eigenvalue weighted by Crippen LogP contribution is -2.46. The molecule has 0 bridgehead atoms. The zero-order valence-electron chi connectivity index (χ0n) is 15.5. The molecule has 1 amide bonds. The minimum Gasteiger partial charge on any atom is -0.340 e. The van der Waals surface area contributed by atoms with Crippen molar-refractivity contribution in [3.63, 3.8) is 0 Å². The summed E-state index contributed by atoms with van der Waals surface area (Å²) >= 11 is 0. The summed E-state index contributed by atoms with van der Waals surface area (Å²) < 4.78 is 5.27. The average Bonchev–Trinajstić information content (AvgIpc) is 3.15. The van der Waals surface area contributed by atoms with Crippen LogP contribution in [0.4, 0.5) is 0 Å². The molecule has 2 aromatic rings. The van der Waals surface area contributed by atoms with E-state index in [-0.39, 0.29) is 30.7 Å². The maximum atomic E-state index is 12.7. The fraction of sp³-hybridized carbons (Fsp3) is 0.556. The van der Waals surface area contributed by atoms with Gasteiger partial charge in [0, 0.05) is 31.6 Å². The highest BCUT2D eigenvalue weighted by molar-refractivity contribution is 5.85. The van der Waals surface area contributed by atoms with Gasteiger partial charge in [0.05, 0.1) is 0 Å². The van der Waals surface area contributed by atoms with E-state index in [1.165, 1.54) is 0 Å². The fourth-order valence-corrected chi connectivity index (χ4v) is 3.18. The van der Waals surface area contributed by atoms with E-state index in [4.69, 9.17) is 4.52 Å². The number of carbonyl (C=O) groups is 1. The summed E-state index contributed by atoms with van der Waals surface area (Å²) in [4.78, 5) is 23.3. The van der Waals surface area contributed by atoms with Crippen molar-refractivity contribution in [2.24, 2.45) is 0 Å². The molecule has 27 heavy (non-hydrogen) atoms. The predicted molar refractivity (Wildman–Crippen MR) is 108 cm³/mol. The minimum atomic E-state index is 0. The van der Waals surface area contributed by atoms with Crippen molar-refractivity contribution in [1.29, 1.82) is 0 Å². The van der Waals surface area contributed by atoms with Crippen molar-refractivity contribution in [3.05, 3.63) is 30.3 Å². The highest BCUT2D eigenvalue weighted by atomic mass is 35.5. The number of rotatable bonds is 7. The van der Waals surface area contributed by atoms with Crippen LogP contribution in [-0.4, -0.2) is 51.6 Å². The van der Waals surface area contributed by atoms with E-state index >= 15 is 0 Å². The maximum Gasteiger partial charge on any atom is 0.227 e. The summed E-state index contributed by atoms with van der Waals surface area (Å²) in [5.74, 6) is 1.12. The first-order valence-corrected chi connectivity index (χ1v) is 9.02. The molecule has 1 saturated heterocycles. The fourth-order valence-electron chi connectivity index (χ4n) is 3.18. The molecule has 0 unspecified atom stereocenters. The molecule has 1 aliphatic rings. The third kappa shape index (κ3) is 6.45. The van der Waals surface area contributed by atoms with E-state index < -0.39 is 0 Å². The molecule has 7 nitrogen and oxygen atoms in total. The number of nitrogens with one attached hydrogen (secondary N) is 1. The zero-order valence-corrected chi connectivity index (χ0v) is 17.1. The van der Waals surface area contributed by atoms with Crippen molar-refractivity contribution in [3.8, 4) is 11.5 Å². The molecule has 0 saturated carbocycles. The SMILES string of the molecule is CCCN(C(=O)CCc1nc(-c2ccccn2)no1)C1CCNCC1.Cl.Cl. The highest BCUT2D eigenvalue weighted by Gasteiger charge is 2.24. The summed E-state index contributed by atoms with van der Waals surface area (Å²) in [6.45, 7) is 4.88. The second kappa shape index (κ2) is 11.9. The number of aromatic nitrogens is 3. The first-order valence-electron chi connectivity index (χ1n) is 9.02. The first kappa shape index (κ1) is 23.3. The molecule has 0 aromatic carbocycles. The van der Waals surface area contributed by atoms with Gasteiger partial charge in [0.1, 0.15) is 5.69 Å². The quantitative estimate of drug-likeness (QED) is 0.747. The zero-order chi connectivity index (χ0) is 17.5. The van der Waals surface area contributed by atoms with E-state index in [1.54, 1.807) is 6.20 Å². The Bertz CT molecular complexity index is 677. The number of piperidine rings is 1. The van der Waals surface area contributed by atoms with Gasteiger partial charge in [0.2, 0.25) is 17.6 Å². The molecule has 0 radical (unpaired) electrons. The molecule has 0 atom stereocenters. The molecule has 0 aliphatic carbocycles.